The number of benzene rings is 1. The minimum Gasteiger partial charge on any atom is -0.388 e. The molecule has 1 aromatic rings. The number of halogens is 1. The van der Waals surface area contributed by atoms with Crippen molar-refractivity contribution in [3.63, 3.8) is 0 Å². The van der Waals surface area contributed by atoms with Crippen LogP contribution in [0.4, 0.5) is 0 Å². The fourth-order valence-electron chi connectivity index (χ4n) is 1.96. The maximum absolute atomic E-state index is 10.2. The molecule has 1 aromatic carbocycles. The number of rotatable bonds is 2. The van der Waals surface area contributed by atoms with Crippen LogP contribution in [0.1, 0.15) is 24.5 Å². The summed E-state index contributed by atoms with van der Waals surface area (Å²) in [6, 6.07) is 7.89. The van der Waals surface area contributed by atoms with Crippen molar-refractivity contribution in [2.24, 2.45) is 5.92 Å². The Morgan fingerprint density at radius 1 is 1.20 bits per heavy atom. The maximum atomic E-state index is 10.2. The molecule has 1 atom stereocenters. The van der Waals surface area contributed by atoms with E-state index in [0.717, 1.165) is 36.1 Å². The zero-order valence-electron chi connectivity index (χ0n) is 8.53. The van der Waals surface area contributed by atoms with Gasteiger partial charge in [-0.05, 0) is 36.5 Å². The maximum Gasteiger partial charge on any atom is 0.0819 e. The molecule has 1 fully saturated rings. The highest BCUT2D eigenvalue weighted by molar-refractivity contribution is 9.10. The average molecular weight is 271 g/mol. The van der Waals surface area contributed by atoms with Crippen molar-refractivity contribution in [1.29, 1.82) is 0 Å². The van der Waals surface area contributed by atoms with Gasteiger partial charge in [-0.15, -0.1) is 0 Å². The second kappa shape index (κ2) is 5.10. The SMILES string of the molecule is OC(c1ccc(Br)cc1)C1CCOCC1. The summed E-state index contributed by atoms with van der Waals surface area (Å²) in [5, 5.41) is 10.2. The highest BCUT2D eigenvalue weighted by Gasteiger charge is 2.23. The molecule has 0 amide bonds. The van der Waals surface area contributed by atoms with E-state index in [2.05, 4.69) is 15.9 Å². The van der Waals surface area contributed by atoms with Crippen LogP contribution in [-0.4, -0.2) is 18.3 Å². The first-order valence-corrected chi connectivity index (χ1v) is 6.08. The second-order valence-corrected chi connectivity index (χ2v) is 4.86. The van der Waals surface area contributed by atoms with Gasteiger partial charge in [0.25, 0.3) is 0 Å². The molecule has 1 saturated heterocycles. The zero-order chi connectivity index (χ0) is 10.7. The van der Waals surface area contributed by atoms with E-state index in [4.69, 9.17) is 4.74 Å². The van der Waals surface area contributed by atoms with Crippen LogP contribution in [0.2, 0.25) is 0 Å². The van der Waals surface area contributed by atoms with Gasteiger partial charge >= 0.3 is 0 Å². The van der Waals surface area contributed by atoms with Crippen molar-refractivity contribution in [3.05, 3.63) is 34.3 Å². The molecule has 2 nitrogen and oxygen atoms in total. The number of aliphatic hydroxyl groups excluding tert-OH is 1. The first kappa shape index (κ1) is 11.1. The molecule has 15 heavy (non-hydrogen) atoms. The van der Waals surface area contributed by atoms with E-state index in [9.17, 15) is 5.11 Å². The highest BCUT2D eigenvalue weighted by Crippen LogP contribution is 2.30. The normalized spacial score (nSPS) is 20.1. The summed E-state index contributed by atoms with van der Waals surface area (Å²) in [5.74, 6) is 0.347. The Balaban J connectivity index is 2.05. The molecule has 2 rings (SSSR count). The smallest absolute Gasteiger partial charge is 0.0819 e. The first-order chi connectivity index (χ1) is 7.27. The molecule has 1 aliphatic heterocycles. The van der Waals surface area contributed by atoms with Gasteiger partial charge in [0.05, 0.1) is 6.10 Å². The van der Waals surface area contributed by atoms with Gasteiger partial charge < -0.3 is 9.84 Å². The largest absolute Gasteiger partial charge is 0.388 e. The van der Waals surface area contributed by atoms with E-state index in [1.165, 1.54) is 0 Å². The van der Waals surface area contributed by atoms with E-state index in [1.54, 1.807) is 0 Å². The van der Waals surface area contributed by atoms with Gasteiger partial charge in [0.15, 0.2) is 0 Å². The molecule has 1 heterocycles. The standard InChI is InChI=1S/C12H15BrO2/c13-11-3-1-9(2-4-11)12(14)10-5-7-15-8-6-10/h1-4,10,12,14H,5-8H2. The fourth-order valence-corrected chi connectivity index (χ4v) is 2.23. The van der Waals surface area contributed by atoms with Gasteiger partial charge in [-0.3, -0.25) is 0 Å². The molecule has 0 saturated carbocycles. The molecule has 1 aliphatic rings. The van der Waals surface area contributed by atoms with Crippen molar-refractivity contribution in [3.8, 4) is 0 Å². The van der Waals surface area contributed by atoms with Crippen LogP contribution >= 0.6 is 15.9 Å². The predicted molar refractivity (Wildman–Crippen MR) is 62.6 cm³/mol. The Kier molecular flexibility index (Phi) is 3.78. The molecule has 0 spiro atoms. The van der Waals surface area contributed by atoms with Gasteiger partial charge in [-0.25, -0.2) is 0 Å². The summed E-state index contributed by atoms with van der Waals surface area (Å²) in [7, 11) is 0. The Morgan fingerprint density at radius 2 is 1.80 bits per heavy atom. The topological polar surface area (TPSA) is 29.5 Å². The van der Waals surface area contributed by atoms with Crippen LogP contribution in [-0.2, 0) is 4.74 Å². The van der Waals surface area contributed by atoms with Crippen LogP contribution in [0.3, 0.4) is 0 Å². The molecule has 0 radical (unpaired) electrons. The Hall–Kier alpha value is -0.380. The van der Waals surface area contributed by atoms with Crippen LogP contribution in [0.15, 0.2) is 28.7 Å². The van der Waals surface area contributed by atoms with Crippen molar-refractivity contribution in [1.82, 2.24) is 0 Å². The lowest BCUT2D eigenvalue weighted by Crippen LogP contribution is -2.21. The van der Waals surface area contributed by atoms with Crippen molar-refractivity contribution in [2.75, 3.05) is 13.2 Å². The summed E-state index contributed by atoms with van der Waals surface area (Å²) >= 11 is 3.39. The summed E-state index contributed by atoms with van der Waals surface area (Å²) in [4.78, 5) is 0. The Bertz CT molecular complexity index is 304. The van der Waals surface area contributed by atoms with Crippen LogP contribution in [0.5, 0.6) is 0 Å². The summed E-state index contributed by atoms with van der Waals surface area (Å²) in [5.41, 5.74) is 1.00. The lowest BCUT2D eigenvalue weighted by molar-refractivity contribution is 0.00718. The first-order valence-electron chi connectivity index (χ1n) is 5.28. The third-order valence-electron chi connectivity index (χ3n) is 2.92. The van der Waals surface area contributed by atoms with E-state index in [0.29, 0.717) is 5.92 Å². The molecule has 0 aliphatic carbocycles. The highest BCUT2D eigenvalue weighted by atomic mass is 79.9. The lowest BCUT2D eigenvalue weighted by Gasteiger charge is -2.26. The Morgan fingerprint density at radius 3 is 2.40 bits per heavy atom. The third kappa shape index (κ3) is 2.80. The number of aliphatic hydroxyl groups is 1. The molecular weight excluding hydrogens is 256 g/mol. The predicted octanol–water partition coefficient (Wildman–Crippen LogP) is 2.91. The van der Waals surface area contributed by atoms with E-state index < -0.39 is 0 Å². The van der Waals surface area contributed by atoms with Gasteiger partial charge in [0.1, 0.15) is 0 Å². The molecular formula is C12H15BrO2. The lowest BCUT2D eigenvalue weighted by atomic mass is 9.89. The average Bonchev–Trinajstić information content (AvgIpc) is 2.30. The van der Waals surface area contributed by atoms with Crippen LogP contribution in [0.25, 0.3) is 0 Å². The fraction of sp³-hybridized carbons (Fsp3) is 0.500. The van der Waals surface area contributed by atoms with Crippen LogP contribution in [0, 0.1) is 5.92 Å². The number of hydrogen-bond acceptors (Lipinski definition) is 2. The quantitative estimate of drug-likeness (QED) is 0.896. The van der Waals surface area contributed by atoms with E-state index in [1.807, 2.05) is 24.3 Å². The third-order valence-corrected chi connectivity index (χ3v) is 3.45. The molecule has 82 valence electrons. The summed E-state index contributed by atoms with van der Waals surface area (Å²) in [6.45, 7) is 1.55. The molecule has 0 bridgehead atoms. The summed E-state index contributed by atoms with van der Waals surface area (Å²) in [6.07, 6.45) is 1.57. The number of hydrogen-bond donors (Lipinski definition) is 1. The molecule has 3 heteroatoms. The summed E-state index contributed by atoms with van der Waals surface area (Å²) < 4.78 is 6.33. The Labute approximate surface area is 98.4 Å². The number of ether oxygens (including phenoxy) is 1. The van der Waals surface area contributed by atoms with Gasteiger partial charge in [0.2, 0.25) is 0 Å². The molecule has 1 unspecified atom stereocenters. The van der Waals surface area contributed by atoms with E-state index in [-0.39, 0.29) is 6.10 Å². The van der Waals surface area contributed by atoms with Crippen molar-refractivity contribution >= 4 is 15.9 Å². The van der Waals surface area contributed by atoms with Gasteiger partial charge in [-0.2, -0.15) is 0 Å². The molecule has 1 N–H and O–H groups in total. The van der Waals surface area contributed by atoms with Gasteiger partial charge in [-0.1, -0.05) is 28.1 Å². The van der Waals surface area contributed by atoms with Crippen molar-refractivity contribution < 1.29 is 9.84 Å². The van der Waals surface area contributed by atoms with Gasteiger partial charge in [0, 0.05) is 17.7 Å². The molecule has 0 aromatic heterocycles. The monoisotopic (exact) mass is 270 g/mol. The second-order valence-electron chi connectivity index (χ2n) is 3.95. The van der Waals surface area contributed by atoms with Crippen molar-refractivity contribution in [2.45, 2.75) is 18.9 Å². The zero-order valence-corrected chi connectivity index (χ0v) is 10.1. The minimum atomic E-state index is -0.345. The van der Waals surface area contributed by atoms with E-state index >= 15 is 0 Å². The minimum absolute atomic E-state index is 0.345. The van der Waals surface area contributed by atoms with Crippen LogP contribution < -0.4 is 0 Å².